The highest BCUT2D eigenvalue weighted by Gasteiger charge is 3.10. The van der Waals surface area contributed by atoms with Gasteiger partial charge in [-0.3, -0.25) is 9.53 Å². The molecule has 30 nitrogen and oxygen atoms in total. The van der Waals surface area contributed by atoms with Crippen LogP contribution >= 0.6 is 39.1 Å². The first-order valence-electron chi connectivity index (χ1n) is 11.7. The molecule has 13 bridgehead atoms. The second kappa shape index (κ2) is 6.51. The van der Waals surface area contributed by atoms with E-state index in [2.05, 4.69) is 14.6 Å². The van der Waals surface area contributed by atoms with E-state index >= 15 is 0 Å². The van der Waals surface area contributed by atoms with Crippen molar-refractivity contribution in [2.75, 3.05) is 5.23 Å². The molecule has 6 atom stereocenters. The van der Waals surface area contributed by atoms with Gasteiger partial charge in [-0.15, -0.1) is 23.3 Å². The van der Waals surface area contributed by atoms with Gasteiger partial charge in [0.2, 0.25) is 0 Å². The van der Waals surface area contributed by atoms with Crippen LogP contribution < -0.4 is 15.3 Å². The largest absolute Gasteiger partial charge is 0.580 e. The maximum Gasteiger partial charge on any atom is 0.580 e. The molecular weight excluding hydrogens is 757 g/mol. The van der Waals surface area contributed by atoms with Crippen LogP contribution in [-0.2, 0) is 118 Å². The number of anilines is 1. The van der Waals surface area contributed by atoms with Gasteiger partial charge in [0.25, 0.3) is 5.95 Å². The first-order valence-corrected chi connectivity index (χ1v) is 19.0. The smallest absolute Gasteiger partial charge is 0.367 e. The minimum Gasteiger partial charge on any atom is -0.367 e. The third-order valence-electron chi connectivity index (χ3n) is 7.71. The van der Waals surface area contributed by atoms with E-state index in [4.69, 9.17) is 83.2 Å². The number of rotatable bonds is 2. The average Bonchev–Trinajstić information content (AvgIpc) is 3.62. The molecule has 4 spiro atoms. The van der Waals surface area contributed by atoms with Gasteiger partial charge in [-0.25, -0.2) is 72.7 Å². The fourth-order valence-electron chi connectivity index (χ4n) is 6.19. The Morgan fingerprint density at radius 2 is 1.24 bits per heavy atom. The summed E-state index contributed by atoms with van der Waals surface area (Å²) in [7, 11) is -24.0. The van der Waals surface area contributed by atoms with Gasteiger partial charge in [0.05, 0.1) is 0 Å². The Bertz CT molecular complexity index is 2290. The number of phosphoric ester groups is 3. The molecule has 0 aromatic carbocycles. The number of imidazole rings is 1. The van der Waals surface area contributed by atoms with E-state index in [0.29, 0.717) is 14.4 Å². The molecular formula is C11N5O25P5. The fraction of sp³-hybridized carbons (Fsp3) is 0.545. The Morgan fingerprint density at radius 3 is 1.98 bits per heavy atom. The van der Waals surface area contributed by atoms with Crippen LogP contribution in [0.4, 0.5) is 5.95 Å². The molecule has 6 unspecified atom stereocenters. The molecule has 16 rings (SSSR count). The Balaban J connectivity index is 1.19. The maximum absolute atomic E-state index is 14.0. The van der Waals surface area contributed by atoms with Gasteiger partial charge in [0, 0.05) is 0 Å². The number of hydrogen-bond acceptors (Lipinski definition) is 28. The van der Waals surface area contributed by atoms with Gasteiger partial charge < -0.3 is 4.52 Å². The van der Waals surface area contributed by atoms with Gasteiger partial charge >= 0.3 is 86.0 Å². The van der Waals surface area contributed by atoms with E-state index in [1.165, 1.54) is 0 Å². The molecule has 12 fully saturated rings. The highest BCUT2D eigenvalue weighted by molar-refractivity contribution is 7.52. The summed E-state index contributed by atoms with van der Waals surface area (Å²) < 4.78 is 151. The van der Waals surface area contributed by atoms with Crippen LogP contribution in [0.2, 0.25) is 0 Å². The lowest BCUT2D eigenvalue weighted by Gasteiger charge is -2.55. The van der Waals surface area contributed by atoms with E-state index in [9.17, 15) is 27.6 Å². The van der Waals surface area contributed by atoms with Crippen molar-refractivity contribution < 1.29 is 111 Å². The van der Waals surface area contributed by atoms with Crippen molar-refractivity contribution in [2.45, 2.75) is 35.3 Å². The third-order valence-corrected chi connectivity index (χ3v) is 13.8. The number of aromatic nitrogens is 4. The van der Waals surface area contributed by atoms with Crippen LogP contribution in [-0.4, -0.2) is 42.4 Å². The van der Waals surface area contributed by atoms with Crippen LogP contribution in [0.3, 0.4) is 0 Å². The molecule has 244 valence electrons. The van der Waals surface area contributed by atoms with E-state index < -0.39 is 103 Å². The first kappa shape index (κ1) is 26.3. The van der Waals surface area contributed by atoms with Crippen molar-refractivity contribution in [3.63, 3.8) is 0 Å². The first-order chi connectivity index (χ1) is 21.6. The molecule has 0 aliphatic carbocycles. The summed E-state index contributed by atoms with van der Waals surface area (Å²) in [5, 5.41) is 0.300. The van der Waals surface area contributed by atoms with E-state index in [1.54, 1.807) is 0 Å². The molecule has 2 aromatic heterocycles. The monoisotopic (exact) mass is 757 g/mol. The summed E-state index contributed by atoms with van der Waals surface area (Å²) in [5.41, 5.74) is -2.73. The van der Waals surface area contributed by atoms with Gasteiger partial charge in [-0.05, 0) is 0 Å². The molecule has 35 heteroatoms. The van der Waals surface area contributed by atoms with Crippen LogP contribution in [0, 0.1) is 0 Å². The van der Waals surface area contributed by atoms with Crippen LogP contribution in [0.15, 0.2) is 4.79 Å². The lowest BCUT2D eigenvalue weighted by molar-refractivity contribution is -0.559. The Hall–Kier alpha value is -1.62. The Kier molecular flexibility index (Phi) is 3.72. The fourth-order valence-corrected chi connectivity index (χ4v) is 12.3. The SMILES string of the molecule is O=c1nc2n(C34OP(=O)(O3)O4)c3c1nc(n3C13OC45OP6(=O)OC4(OOP4(=O)OOC17OP(=O)(O3)OC57OO4)O6)OP1(=O)ON2O1. The molecule has 14 aliphatic rings. The molecule has 0 amide bonds. The zero-order valence-corrected chi connectivity index (χ0v) is 24.7. The minimum absolute atomic E-state index is 0.300. The highest BCUT2D eigenvalue weighted by atomic mass is 31.2. The average molecular weight is 757 g/mol. The normalized spacial score (nSPS) is 57.7. The van der Waals surface area contributed by atoms with E-state index in [1.807, 2.05) is 0 Å². The minimum atomic E-state index is -5.23. The van der Waals surface area contributed by atoms with Crippen molar-refractivity contribution in [1.29, 1.82) is 0 Å². The van der Waals surface area contributed by atoms with Gasteiger partial charge in [0.1, 0.15) is 0 Å². The zero-order valence-electron chi connectivity index (χ0n) is 20.2. The van der Waals surface area contributed by atoms with E-state index in [-0.39, 0.29) is 0 Å². The number of hydrogen-bond donors (Lipinski definition) is 0. The number of fused-ring (bicyclic) bond motifs is 3. The number of ether oxygens (including phenoxy) is 1. The molecule has 2 aromatic rings. The van der Waals surface area contributed by atoms with Crippen molar-refractivity contribution in [1.82, 2.24) is 19.1 Å². The molecule has 14 aliphatic heterocycles. The van der Waals surface area contributed by atoms with Crippen LogP contribution in [0.1, 0.15) is 0 Å². The van der Waals surface area contributed by atoms with Gasteiger partial charge in [-0.1, -0.05) is 5.23 Å². The molecule has 0 radical (unpaired) electrons. The lowest BCUT2D eigenvalue weighted by atomic mass is 9.95. The van der Waals surface area contributed by atoms with Crippen LogP contribution in [0.25, 0.3) is 11.2 Å². The zero-order chi connectivity index (χ0) is 31.0. The second-order valence-corrected chi connectivity index (χ2v) is 17.2. The third kappa shape index (κ3) is 2.28. The Labute approximate surface area is 243 Å². The lowest BCUT2D eigenvalue weighted by Crippen LogP contribution is -2.72. The standard InChI is InChI=1S/C11N5O25P5/c17-2-1-3-14(11-34-45(21,35-11)36-11)4(13-2)16-37-42(18,38-16)23-5(12-1)15(3)9-7-6(28-43(19,29-7)31-9)8(24-9)10(32-44(20,30-8)33-10)27-41-46(22,39-25-6)40-26-7. The van der Waals surface area contributed by atoms with E-state index in [0.717, 1.165) is 0 Å². The van der Waals surface area contributed by atoms with Crippen molar-refractivity contribution >= 4 is 56.2 Å². The highest BCUT2D eigenvalue weighted by Crippen LogP contribution is 2.93. The summed E-state index contributed by atoms with van der Waals surface area (Å²) in [5.74, 6) is -17.2. The summed E-state index contributed by atoms with van der Waals surface area (Å²) >= 11 is 0. The van der Waals surface area contributed by atoms with Crippen LogP contribution in [0.5, 0.6) is 6.01 Å². The number of nitrogens with zero attached hydrogens (tertiary/aromatic N) is 5. The van der Waals surface area contributed by atoms with Gasteiger partial charge in [-0.2, -0.15) is 24.6 Å². The molecule has 0 saturated carbocycles. The van der Waals surface area contributed by atoms with Crippen molar-refractivity contribution in [3.05, 3.63) is 10.4 Å². The molecule has 0 N–H and O–H groups in total. The van der Waals surface area contributed by atoms with Crippen molar-refractivity contribution in [2.24, 2.45) is 0 Å². The van der Waals surface area contributed by atoms with Crippen molar-refractivity contribution in [3.8, 4) is 6.01 Å². The van der Waals surface area contributed by atoms with Gasteiger partial charge in [0.15, 0.2) is 11.2 Å². The topological polar surface area (TPSA) is 317 Å². The summed E-state index contributed by atoms with van der Waals surface area (Å²) in [6, 6.07) is -1.06. The molecule has 12 saturated heterocycles. The maximum atomic E-state index is 14.0. The summed E-state index contributed by atoms with van der Waals surface area (Å²) in [6.07, 6.45) is -2.54. The number of phosphoric acid groups is 5. The predicted octanol–water partition coefficient (Wildman–Crippen LogP) is 0.263. The predicted molar refractivity (Wildman–Crippen MR) is 109 cm³/mol. The quantitative estimate of drug-likeness (QED) is 0.293. The second-order valence-electron chi connectivity index (χ2n) is 10.1. The molecule has 46 heavy (non-hydrogen) atoms. The summed E-state index contributed by atoms with van der Waals surface area (Å²) in [4.78, 5) is 36.6. The molecule has 16 heterocycles. The summed E-state index contributed by atoms with van der Waals surface area (Å²) in [6.45, 7) is 0. The Morgan fingerprint density at radius 1 is 0.609 bits per heavy atom.